The van der Waals surface area contributed by atoms with Gasteiger partial charge in [0, 0.05) is 11.1 Å². The van der Waals surface area contributed by atoms with Gasteiger partial charge in [0.25, 0.3) is 5.91 Å². The number of phenolic OH excluding ortho intramolecular Hbond substituents is 1. The van der Waals surface area contributed by atoms with Crippen LogP contribution in [0.25, 0.3) is 10.8 Å². The Hall–Kier alpha value is -4.80. The molecule has 0 atom stereocenters. The van der Waals surface area contributed by atoms with Crippen molar-refractivity contribution in [3.63, 3.8) is 0 Å². The van der Waals surface area contributed by atoms with E-state index in [1.807, 2.05) is 0 Å². The first-order valence-electron chi connectivity index (χ1n) is 10.0. The second-order valence-corrected chi connectivity index (χ2v) is 7.29. The summed E-state index contributed by atoms with van der Waals surface area (Å²) in [6.07, 6.45) is -4.99. The van der Waals surface area contributed by atoms with Gasteiger partial charge in [0.1, 0.15) is 11.3 Å². The molecule has 0 heterocycles. The summed E-state index contributed by atoms with van der Waals surface area (Å²) in [5.74, 6) is -1.25. The Labute approximate surface area is 195 Å². The van der Waals surface area contributed by atoms with Gasteiger partial charge >= 0.3 is 11.9 Å². The number of rotatable bonds is 5. The van der Waals surface area contributed by atoms with Crippen LogP contribution in [0.1, 0.15) is 15.9 Å². The first kappa shape index (κ1) is 23.4. The molecule has 0 fully saturated rings. The number of anilines is 1. The minimum absolute atomic E-state index is 0.167. The number of alkyl halides is 3. The number of nitro groups is 1. The molecule has 4 rings (SSSR count). The summed E-state index contributed by atoms with van der Waals surface area (Å²) in [6.45, 7) is 0. The van der Waals surface area contributed by atoms with E-state index < -0.39 is 39.7 Å². The van der Waals surface area contributed by atoms with Gasteiger partial charge < -0.3 is 10.4 Å². The number of phenols is 1. The molecule has 0 aliphatic heterocycles. The van der Waals surface area contributed by atoms with Gasteiger partial charge in [-0.3, -0.25) is 14.9 Å². The molecule has 35 heavy (non-hydrogen) atoms. The normalized spacial score (nSPS) is 11.6. The summed E-state index contributed by atoms with van der Waals surface area (Å²) in [7, 11) is 0. The number of fused-ring (bicyclic) bond motifs is 1. The van der Waals surface area contributed by atoms with Crippen LogP contribution >= 0.6 is 0 Å². The van der Waals surface area contributed by atoms with Crippen LogP contribution in [0.15, 0.2) is 89.1 Å². The van der Waals surface area contributed by atoms with Crippen LogP contribution in [0.5, 0.6) is 5.75 Å². The molecular weight excluding hydrogens is 465 g/mol. The summed E-state index contributed by atoms with van der Waals surface area (Å²) < 4.78 is 39.9. The van der Waals surface area contributed by atoms with Crippen LogP contribution in [0, 0.1) is 10.1 Å². The second-order valence-electron chi connectivity index (χ2n) is 7.29. The zero-order chi connectivity index (χ0) is 25.2. The van der Waals surface area contributed by atoms with E-state index in [9.17, 15) is 33.2 Å². The maximum Gasteiger partial charge on any atom is 0.423 e. The van der Waals surface area contributed by atoms with Crippen molar-refractivity contribution in [2.24, 2.45) is 10.2 Å². The number of carbonyl (C=O) groups excluding carboxylic acids is 1. The van der Waals surface area contributed by atoms with Crippen molar-refractivity contribution in [3.8, 4) is 5.75 Å². The molecule has 0 saturated heterocycles. The van der Waals surface area contributed by atoms with Crippen LogP contribution in [0.3, 0.4) is 0 Å². The highest BCUT2D eigenvalue weighted by atomic mass is 19.4. The predicted octanol–water partition coefficient (Wildman–Crippen LogP) is 7.14. The molecule has 0 aliphatic carbocycles. The fraction of sp³-hybridized carbons (Fsp3) is 0.0417. The molecule has 0 aromatic heterocycles. The molecule has 0 unspecified atom stereocenters. The number of nitro benzene ring substituents is 1. The Kier molecular flexibility index (Phi) is 6.15. The first-order valence-corrected chi connectivity index (χ1v) is 10.0. The number of benzene rings is 4. The molecule has 176 valence electrons. The largest absolute Gasteiger partial charge is 0.505 e. The number of hydrogen-bond donors (Lipinski definition) is 2. The molecule has 0 aliphatic rings. The highest BCUT2D eigenvalue weighted by Crippen LogP contribution is 2.43. The van der Waals surface area contributed by atoms with Gasteiger partial charge in [-0.1, -0.05) is 48.5 Å². The number of para-hydroxylation sites is 2. The Bertz CT molecular complexity index is 1470. The number of nitrogens with zero attached hydrogens (tertiary/aromatic N) is 3. The molecule has 2 N–H and O–H groups in total. The SMILES string of the molecule is O=C(Nc1ccccc1)c1cc2ccccc2c(N=Nc2cccc(C(F)(F)F)c2[N+](=O)[O-])c1O. The second kappa shape index (κ2) is 9.21. The average Bonchev–Trinajstić information content (AvgIpc) is 2.82. The quantitative estimate of drug-likeness (QED) is 0.179. The summed E-state index contributed by atoms with van der Waals surface area (Å²) >= 11 is 0. The van der Waals surface area contributed by atoms with Crippen molar-refractivity contribution < 1.29 is 28.0 Å². The lowest BCUT2D eigenvalue weighted by Crippen LogP contribution is -2.12. The number of azo groups is 1. The fourth-order valence-electron chi connectivity index (χ4n) is 3.45. The van der Waals surface area contributed by atoms with E-state index in [0.29, 0.717) is 22.5 Å². The van der Waals surface area contributed by atoms with Gasteiger partial charge in [0.2, 0.25) is 0 Å². The summed E-state index contributed by atoms with van der Waals surface area (Å²) in [4.78, 5) is 23.0. The van der Waals surface area contributed by atoms with E-state index in [4.69, 9.17) is 0 Å². The van der Waals surface area contributed by atoms with Crippen LogP contribution in [-0.2, 0) is 6.18 Å². The molecule has 0 spiro atoms. The lowest BCUT2D eigenvalue weighted by Gasteiger charge is -2.11. The Balaban J connectivity index is 1.84. The standard InChI is InChI=1S/C24H15F3N4O4/c25-24(26,27)18-11-6-12-19(21(18)31(34)35)29-30-20-16-10-5-4-7-14(16)13-17(22(20)32)23(33)28-15-8-2-1-3-9-15/h1-13,32H,(H,28,33). The minimum atomic E-state index is -4.99. The molecule has 0 radical (unpaired) electrons. The van der Waals surface area contributed by atoms with Crippen molar-refractivity contribution in [3.05, 3.63) is 100 Å². The van der Waals surface area contributed by atoms with Crippen molar-refractivity contribution in [1.29, 1.82) is 0 Å². The number of hydrogen-bond acceptors (Lipinski definition) is 6. The van der Waals surface area contributed by atoms with E-state index in [-0.39, 0.29) is 11.3 Å². The van der Waals surface area contributed by atoms with Gasteiger partial charge in [-0.05, 0) is 35.7 Å². The Morgan fingerprint density at radius 2 is 1.63 bits per heavy atom. The van der Waals surface area contributed by atoms with E-state index in [2.05, 4.69) is 15.5 Å². The zero-order valence-electron chi connectivity index (χ0n) is 17.7. The molecule has 0 saturated carbocycles. The summed E-state index contributed by atoms with van der Waals surface area (Å²) in [5, 5.41) is 33.2. The summed E-state index contributed by atoms with van der Waals surface area (Å²) in [6, 6.07) is 18.9. The average molecular weight is 480 g/mol. The van der Waals surface area contributed by atoms with Crippen LogP contribution in [0.2, 0.25) is 0 Å². The van der Waals surface area contributed by atoms with Crippen LogP contribution in [-0.4, -0.2) is 15.9 Å². The van der Waals surface area contributed by atoms with E-state index in [1.54, 1.807) is 54.6 Å². The minimum Gasteiger partial charge on any atom is -0.505 e. The van der Waals surface area contributed by atoms with Crippen molar-refractivity contribution in [2.45, 2.75) is 6.18 Å². The van der Waals surface area contributed by atoms with E-state index in [1.165, 1.54) is 6.07 Å². The Morgan fingerprint density at radius 3 is 2.31 bits per heavy atom. The highest BCUT2D eigenvalue weighted by Gasteiger charge is 2.40. The van der Waals surface area contributed by atoms with Gasteiger partial charge in [-0.15, -0.1) is 10.2 Å². The predicted molar refractivity (Wildman–Crippen MR) is 122 cm³/mol. The summed E-state index contributed by atoms with van der Waals surface area (Å²) in [5.41, 5.74) is -3.34. The third kappa shape index (κ3) is 4.78. The van der Waals surface area contributed by atoms with Crippen molar-refractivity contribution in [2.75, 3.05) is 5.32 Å². The Morgan fingerprint density at radius 1 is 0.943 bits per heavy atom. The number of halogens is 3. The molecule has 11 heteroatoms. The van der Waals surface area contributed by atoms with Gasteiger partial charge in [0.05, 0.1) is 10.5 Å². The molecule has 4 aromatic rings. The lowest BCUT2D eigenvalue weighted by atomic mass is 10.0. The third-order valence-electron chi connectivity index (χ3n) is 5.03. The molecule has 4 aromatic carbocycles. The smallest absolute Gasteiger partial charge is 0.423 e. The highest BCUT2D eigenvalue weighted by molar-refractivity contribution is 6.11. The molecule has 1 amide bonds. The number of aromatic hydroxyl groups is 1. The molecular formula is C24H15F3N4O4. The fourth-order valence-corrected chi connectivity index (χ4v) is 3.45. The molecule has 8 nitrogen and oxygen atoms in total. The van der Waals surface area contributed by atoms with E-state index in [0.717, 1.165) is 12.1 Å². The maximum atomic E-state index is 13.3. The van der Waals surface area contributed by atoms with Crippen LogP contribution < -0.4 is 5.32 Å². The maximum absolute atomic E-state index is 13.3. The number of carbonyl (C=O) groups is 1. The number of nitrogens with one attached hydrogen (secondary N) is 1. The van der Waals surface area contributed by atoms with Crippen molar-refractivity contribution in [1.82, 2.24) is 0 Å². The lowest BCUT2D eigenvalue weighted by molar-refractivity contribution is -0.387. The van der Waals surface area contributed by atoms with E-state index >= 15 is 0 Å². The topological polar surface area (TPSA) is 117 Å². The zero-order valence-corrected chi connectivity index (χ0v) is 17.7. The molecule has 0 bridgehead atoms. The van der Waals surface area contributed by atoms with Crippen LogP contribution in [0.4, 0.5) is 35.9 Å². The van der Waals surface area contributed by atoms with Crippen molar-refractivity contribution >= 4 is 39.4 Å². The monoisotopic (exact) mass is 480 g/mol. The first-order chi connectivity index (χ1) is 16.7. The van der Waals surface area contributed by atoms with Gasteiger partial charge in [-0.25, -0.2) is 0 Å². The number of amides is 1. The van der Waals surface area contributed by atoms with Gasteiger partial charge in [-0.2, -0.15) is 13.2 Å². The third-order valence-corrected chi connectivity index (χ3v) is 5.03. The van der Waals surface area contributed by atoms with Gasteiger partial charge in [0.15, 0.2) is 11.4 Å².